The number of amides is 1. The number of hydrogen-bond acceptors (Lipinski definition) is 6. The fourth-order valence-electron chi connectivity index (χ4n) is 3.48. The molecule has 0 spiro atoms. The molecule has 1 atom stereocenters. The Morgan fingerprint density at radius 3 is 2.58 bits per heavy atom. The second-order valence-electron chi connectivity index (χ2n) is 7.61. The fourth-order valence-corrected chi connectivity index (χ4v) is 5.39. The van der Waals surface area contributed by atoms with E-state index in [9.17, 15) is 17.9 Å². The summed E-state index contributed by atoms with van der Waals surface area (Å²) in [6.07, 6.45) is 0.372. The Labute approximate surface area is 232 Å². The molecule has 1 N–H and O–H groups in total. The van der Waals surface area contributed by atoms with Crippen molar-refractivity contribution in [3.63, 3.8) is 0 Å². The van der Waals surface area contributed by atoms with Crippen LogP contribution in [0.3, 0.4) is 0 Å². The minimum atomic E-state index is -2.79. The van der Waals surface area contributed by atoms with E-state index in [0.29, 0.717) is 22.1 Å². The van der Waals surface area contributed by atoms with Gasteiger partial charge < -0.3 is 9.87 Å². The van der Waals surface area contributed by atoms with E-state index in [1.54, 1.807) is 18.2 Å². The first-order chi connectivity index (χ1) is 17.4. The highest BCUT2D eigenvalue weighted by atomic mass is 127. The lowest BCUT2D eigenvalue weighted by molar-refractivity contribution is 0.0951. The first-order valence-electron chi connectivity index (χ1n) is 10.5. The third kappa shape index (κ3) is 6.27. The maximum Gasteiger partial charge on any atom is 0.253 e. The van der Waals surface area contributed by atoms with Gasteiger partial charge in [-0.25, -0.2) is 4.39 Å². The molecule has 4 aromatic rings. The molecule has 186 valence electrons. The molecular formula is C24H18ClFIN4O3S2-. The monoisotopic (exact) mass is 655 g/mol. The van der Waals surface area contributed by atoms with Gasteiger partial charge in [-0.3, -0.25) is 13.3 Å². The lowest BCUT2D eigenvalue weighted by atomic mass is 10.1. The zero-order chi connectivity index (χ0) is 25.7. The summed E-state index contributed by atoms with van der Waals surface area (Å²) >= 11 is 6.34. The van der Waals surface area contributed by atoms with Gasteiger partial charge in [-0.2, -0.15) is 8.75 Å². The Morgan fingerprint density at radius 1 is 1.11 bits per heavy atom. The van der Waals surface area contributed by atoms with Crippen LogP contribution in [0.1, 0.15) is 32.7 Å². The highest BCUT2D eigenvalue weighted by molar-refractivity contribution is 14.1. The Hall–Kier alpha value is -2.45. The van der Waals surface area contributed by atoms with Crippen molar-refractivity contribution in [2.45, 2.75) is 17.4 Å². The zero-order valence-corrected chi connectivity index (χ0v) is 23.0. The van der Waals surface area contributed by atoms with Gasteiger partial charge in [-0.15, -0.1) is 0 Å². The molecule has 7 nitrogen and oxygen atoms in total. The van der Waals surface area contributed by atoms with E-state index in [1.165, 1.54) is 12.1 Å². The predicted molar refractivity (Wildman–Crippen MR) is 147 cm³/mol. The third-order valence-electron chi connectivity index (χ3n) is 5.23. The van der Waals surface area contributed by atoms with Crippen molar-refractivity contribution in [3.05, 3.63) is 106 Å². The van der Waals surface area contributed by atoms with Crippen LogP contribution < -0.4 is 9.62 Å². The van der Waals surface area contributed by atoms with E-state index in [0.717, 1.165) is 33.2 Å². The average molecular weight is 656 g/mol. The highest BCUT2D eigenvalue weighted by Crippen LogP contribution is 2.34. The van der Waals surface area contributed by atoms with Crippen molar-refractivity contribution in [1.82, 2.24) is 14.1 Å². The van der Waals surface area contributed by atoms with Gasteiger partial charge in [-0.1, -0.05) is 76.7 Å². The van der Waals surface area contributed by atoms with Crippen LogP contribution in [0.5, 0.6) is 0 Å². The van der Waals surface area contributed by atoms with Crippen LogP contribution in [0.15, 0.2) is 66.7 Å². The van der Waals surface area contributed by atoms with Crippen LogP contribution in [-0.4, -0.2) is 23.4 Å². The average Bonchev–Trinajstić information content (AvgIpc) is 3.31. The van der Waals surface area contributed by atoms with E-state index < -0.39 is 23.0 Å². The lowest BCUT2D eigenvalue weighted by Gasteiger charge is -2.27. The van der Waals surface area contributed by atoms with Gasteiger partial charge in [0.25, 0.3) is 5.91 Å². The maximum atomic E-state index is 13.4. The molecule has 0 aliphatic rings. The van der Waals surface area contributed by atoms with E-state index in [-0.39, 0.29) is 28.6 Å². The highest BCUT2D eigenvalue weighted by Gasteiger charge is 2.25. The molecular weight excluding hydrogens is 638 g/mol. The van der Waals surface area contributed by atoms with Gasteiger partial charge in [0.15, 0.2) is 5.82 Å². The number of rotatable bonds is 9. The third-order valence-corrected chi connectivity index (χ3v) is 7.68. The van der Waals surface area contributed by atoms with Crippen LogP contribution in [0, 0.1) is 5.82 Å². The van der Waals surface area contributed by atoms with Crippen LogP contribution in [0.25, 0.3) is 0 Å². The number of nitrogens with one attached hydrogen (secondary N) is 1. The van der Waals surface area contributed by atoms with E-state index in [1.807, 2.05) is 30.3 Å². The molecule has 0 aliphatic carbocycles. The maximum absolute atomic E-state index is 13.4. The standard InChI is InChI=1S/C24H19ClFIN4O3S2/c25-20-12-18(26)8-7-17(20)14-28-24(32)19-9-6-16(13-27)11-22(19)31(36(33)34)23-21(29-35-30-23)10-15-4-2-1-3-5-15/h1-9,11-12H,10,13-14H2,(H,28,32)(H,33,34)/p-1. The first-order valence-corrected chi connectivity index (χ1v) is 14.2. The molecule has 0 fully saturated rings. The van der Waals surface area contributed by atoms with Gasteiger partial charge in [0.2, 0.25) is 0 Å². The van der Waals surface area contributed by atoms with Crippen molar-refractivity contribution in [3.8, 4) is 0 Å². The quantitative estimate of drug-likeness (QED) is 0.141. The normalized spacial score (nSPS) is 11.8. The number of hydrogen-bond donors (Lipinski definition) is 1. The number of nitrogens with zero attached hydrogens (tertiary/aromatic N) is 3. The van der Waals surface area contributed by atoms with Crippen LogP contribution >= 0.6 is 45.9 Å². The number of aromatic nitrogens is 2. The summed E-state index contributed by atoms with van der Waals surface area (Å²) in [7, 11) is 0. The minimum absolute atomic E-state index is 0.0312. The van der Waals surface area contributed by atoms with Crippen molar-refractivity contribution in [2.24, 2.45) is 0 Å². The Morgan fingerprint density at radius 2 is 1.89 bits per heavy atom. The van der Waals surface area contributed by atoms with Crippen LogP contribution in [0.2, 0.25) is 5.02 Å². The number of carbonyl (C=O) groups is 1. The first kappa shape index (κ1) is 26.6. The van der Waals surface area contributed by atoms with Gasteiger partial charge >= 0.3 is 0 Å². The number of benzene rings is 3. The molecule has 12 heteroatoms. The van der Waals surface area contributed by atoms with Gasteiger partial charge in [-0.05, 0) is 41.0 Å². The number of halogens is 3. The summed E-state index contributed by atoms with van der Waals surface area (Å²) in [5.74, 6) is -0.865. The van der Waals surface area contributed by atoms with Crippen LogP contribution in [0.4, 0.5) is 15.9 Å². The molecule has 1 unspecified atom stereocenters. The summed E-state index contributed by atoms with van der Waals surface area (Å²) in [6.45, 7) is 0.0312. The molecule has 4 rings (SSSR count). The molecule has 0 saturated heterocycles. The van der Waals surface area contributed by atoms with Crippen molar-refractivity contribution >= 4 is 74.6 Å². The number of carbonyl (C=O) groups excluding carboxylic acids is 1. The molecule has 0 aliphatic heterocycles. The fraction of sp³-hybridized carbons (Fsp3) is 0.125. The molecule has 36 heavy (non-hydrogen) atoms. The van der Waals surface area contributed by atoms with Crippen molar-refractivity contribution < 1.29 is 17.9 Å². The molecule has 1 aromatic heterocycles. The van der Waals surface area contributed by atoms with Gasteiger partial charge in [0.1, 0.15) is 11.5 Å². The summed E-state index contributed by atoms with van der Waals surface area (Å²) < 4.78 is 48.6. The summed E-state index contributed by atoms with van der Waals surface area (Å²) in [5, 5.41) is 2.92. The molecule has 0 saturated carbocycles. The Kier molecular flexibility index (Phi) is 9.01. The molecule has 1 amide bonds. The Balaban J connectivity index is 1.69. The second-order valence-corrected chi connectivity index (χ2v) is 10.1. The van der Waals surface area contributed by atoms with E-state index in [2.05, 4.69) is 36.7 Å². The largest absolute Gasteiger partial charge is 0.755 e. The predicted octanol–water partition coefficient (Wildman–Crippen LogP) is 5.72. The van der Waals surface area contributed by atoms with Gasteiger partial charge in [0, 0.05) is 22.4 Å². The Bertz CT molecular complexity index is 1410. The summed E-state index contributed by atoms with van der Waals surface area (Å²) in [6, 6.07) is 18.4. The molecule has 0 radical (unpaired) electrons. The molecule has 1 heterocycles. The van der Waals surface area contributed by atoms with Crippen molar-refractivity contribution in [2.75, 3.05) is 4.31 Å². The van der Waals surface area contributed by atoms with E-state index in [4.69, 9.17) is 11.6 Å². The summed E-state index contributed by atoms with van der Waals surface area (Å²) in [5.41, 5.74) is 3.05. The summed E-state index contributed by atoms with van der Waals surface area (Å²) in [4.78, 5) is 13.2. The number of anilines is 2. The number of alkyl halides is 1. The molecule has 3 aromatic carbocycles. The minimum Gasteiger partial charge on any atom is -0.755 e. The molecule has 0 bridgehead atoms. The van der Waals surface area contributed by atoms with Gasteiger partial charge in [0.05, 0.1) is 34.2 Å². The zero-order valence-electron chi connectivity index (χ0n) is 18.5. The van der Waals surface area contributed by atoms with Crippen LogP contribution in [-0.2, 0) is 28.7 Å². The van der Waals surface area contributed by atoms with Crippen molar-refractivity contribution in [1.29, 1.82) is 0 Å². The lowest BCUT2D eigenvalue weighted by Crippen LogP contribution is -2.28. The SMILES string of the molecule is O=C(NCc1ccc(F)cc1Cl)c1ccc(CI)cc1N(c1nsnc1Cc1ccccc1)S(=O)[O-]. The second kappa shape index (κ2) is 12.2. The smallest absolute Gasteiger partial charge is 0.253 e. The topological polar surface area (TPSA) is 98.2 Å². The van der Waals surface area contributed by atoms with E-state index >= 15 is 0 Å².